The summed E-state index contributed by atoms with van der Waals surface area (Å²) in [5.41, 5.74) is -0.402. The van der Waals surface area contributed by atoms with Crippen LogP contribution in [0.25, 0.3) is 0 Å². The van der Waals surface area contributed by atoms with Gasteiger partial charge in [-0.2, -0.15) is 0 Å². The number of morpholine rings is 1. The molecule has 12 nitrogen and oxygen atoms in total. The Balaban J connectivity index is 1.38. The minimum atomic E-state index is -1.16. The number of nitrogens with one attached hydrogen (secondary N) is 1. The third kappa shape index (κ3) is 7.45. The van der Waals surface area contributed by atoms with E-state index in [0.29, 0.717) is 58.5 Å². The molecule has 4 aliphatic heterocycles. The summed E-state index contributed by atoms with van der Waals surface area (Å²) in [5, 5.41) is 12.7. The number of allylic oxidation sites excluding steroid dienone is 1. The van der Waals surface area contributed by atoms with E-state index in [-0.39, 0.29) is 43.9 Å². The number of hydrogen-bond donors (Lipinski definition) is 2. The molecule has 4 heterocycles. The molecule has 0 unspecified atom stereocenters. The van der Waals surface area contributed by atoms with Gasteiger partial charge in [0.1, 0.15) is 18.2 Å². The van der Waals surface area contributed by atoms with E-state index in [0.717, 1.165) is 18.7 Å². The first kappa shape index (κ1) is 34.7. The van der Waals surface area contributed by atoms with Gasteiger partial charge in [-0.05, 0) is 31.2 Å². The number of aliphatic hydroxyl groups excluding tert-OH is 1. The number of carbonyl (C=O) groups is 4. The lowest BCUT2D eigenvalue weighted by molar-refractivity contribution is -0.148. The Morgan fingerprint density at radius 1 is 1.15 bits per heavy atom. The fourth-order valence-corrected chi connectivity index (χ4v) is 7.56. The maximum atomic E-state index is 14.5. The van der Waals surface area contributed by atoms with Gasteiger partial charge in [0.15, 0.2) is 0 Å². The van der Waals surface area contributed by atoms with Gasteiger partial charge >= 0.3 is 5.97 Å². The number of carbonyl (C=O) groups excluding carboxylic acids is 4. The SMILES string of the molecule is C=CCCC(=O)OC[C@H](NC(=O)[C@@H]1[C@@H]2CC[C@]3(O2)[C@H](C(=O)N(CC=C)CCN2CCOCC2)N(CCCO)C(=O)[C@@H]13)c1ccccc1. The second-order valence-electron chi connectivity index (χ2n) is 12.7. The third-order valence-electron chi connectivity index (χ3n) is 9.83. The maximum absolute atomic E-state index is 14.5. The third-order valence-corrected chi connectivity index (χ3v) is 9.83. The summed E-state index contributed by atoms with van der Waals surface area (Å²) in [5.74, 6) is -3.00. The minimum Gasteiger partial charge on any atom is -0.463 e. The van der Waals surface area contributed by atoms with E-state index in [2.05, 4.69) is 23.4 Å². The molecule has 0 saturated carbocycles. The molecular weight excluding hydrogens is 604 g/mol. The number of nitrogens with zero attached hydrogens (tertiary/aromatic N) is 3. The van der Waals surface area contributed by atoms with E-state index in [1.165, 1.54) is 4.90 Å². The molecule has 1 aromatic rings. The van der Waals surface area contributed by atoms with Gasteiger partial charge in [0.05, 0.1) is 37.2 Å². The summed E-state index contributed by atoms with van der Waals surface area (Å²) in [6.07, 6.45) is 4.75. The van der Waals surface area contributed by atoms with Crippen molar-refractivity contribution in [1.82, 2.24) is 20.0 Å². The molecule has 4 saturated heterocycles. The van der Waals surface area contributed by atoms with E-state index >= 15 is 0 Å². The normalized spacial score (nSPS) is 27.3. The van der Waals surface area contributed by atoms with Crippen LogP contribution in [0, 0.1) is 11.8 Å². The topological polar surface area (TPSA) is 138 Å². The lowest BCUT2D eigenvalue weighted by Gasteiger charge is -2.37. The molecule has 1 aromatic carbocycles. The number of amides is 3. The molecule has 0 aromatic heterocycles. The van der Waals surface area contributed by atoms with Gasteiger partial charge in [-0.15, -0.1) is 13.2 Å². The fraction of sp³-hybridized carbons (Fsp3) is 0.600. The molecule has 0 aliphatic carbocycles. The van der Waals surface area contributed by atoms with Gasteiger partial charge in [0.2, 0.25) is 17.7 Å². The highest BCUT2D eigenvalue weighted by Gasteiger charge is 2.74. The molecule has 6 atom stereocenters. The van der Waals surface area contributed by atoms with Crippen molar-refractivity contribution >= 4 is 23.7 Å². The number of likely N-dealkylation sites (tertiary alicyclic amines) is 1. The Hall–Kier alpha value is -3.58. The molecule has 3 amide bonds. The Labute approximate surface area is 276 Å². The summed E-state index contributed by atoms with van der Waals surface area (Å²) in [7, 11) is 0. The Kier molecular flexibility index (Phi) is 11.8. The van der Waals surface area contributed by atoms with E-state index in [9.17, 15) is 24.3 Å². The van der Waals surface area contributed by atoms with E-state index < -0.39 is 41.6 Å². The fourth-order valence-electron chi connectivity index (χ4n) is 7.56. The molecule has 4 aliphatic rings. The van der Waals surface area contributed by atoms with Gasteiger partial charge in [0.25, 0.3) is 0 Å². The molecule has 12 heteroatoms. The van der Waals surface area contributed by atoms with Crippen molar-refractivity contribution in [3.8, 4) is 0 Å². The number of fused-ring (bicyclic) bond motifs is 1. The summed E-state index contributed by atoms with van der Waals surface area (Å²) < 4.78 is 17.6. The van der Waals surface area contributed by atoms with Crippen molar-refractivity contribution in [2.75, 3.05) is 65.7 Å². The number of hydrogen-bond acceptors (Lipinski definition) is 9. The van der Waals surface area contributed by atoms with Crippen LogP contribution in [0.4, 0.5) is 0 Å². The molecule has 4 fully saturated rings. The average molecular weight is 653 g/mol. The molecule has 256 valence electrons. The van der Waals surface area contributed by atoms with Crippen LogP contribution in [0.15, 0.2) is 55.6 Å². The zero-order valence-corrected chi connectivity index (χ0v) is 27.1. The first-order chi connectivity index (χ1) is 22.8. The standard InChI is InChI=1S/C35H48N4O8/c1-3-5-12-28(41)46-24-26(25-10-7-6-8-11-25)36-32(42)29-27-13-14-35(47-27)30(29)33(43)39(16-9-21-40)31(35)34(44)38(15-4-2)18-17-37-19-22-45-23-20-37/h3-4,6-8,10-11,26-27,29-31,40H,1-2,5,9,12-24H2,(H,36,42)/t26-,27-,29+,30+,31-,35+/m0/s1. The zero-order chi connectivity index (χ0) is 33.4. The Morgan fingerprint density at radius 3 is 2.62 bits per heavy atom. The number of rotatable bonds is 17. The highest BCUT2D eigenvalue weighted by molar-refractivity contribution is 5.99. The van der Waals surface area contributed by atoms with Crippen molar-refractivity contribution < 1.29 is 38.5 Å². The molecule has 2 N–H and O–H groups in total. The van der Waals surface area contributed by atoms with Crippen LogP contribution in [0.5, 0.6) is 0 Å². The molecular formula is C35H48N4O8. The second kappa shape index (κ2) is 16.0. The van der Waals surface area contributed by atoms with Gasteiger partial charge in [-0.25, -0.2) is 0 Å². The van der Waals surface area contributed by atoms with Crippen molar-refractivity contribution in [2.45, 2.75) is 55.9 Å². The van der Waals surface area contributed by atoms with E-state index in [1.54, 1.807) is 17.1 Å². The van der Waals surface area contributed by atoms with Crippen LogP contribution in [0.2, 0.25) is 0 Å². The van der Waals surface area contributed by atoms with Crippen LogP contribution < -0.4 is 5.32 Å². The number of esters is 1. The summed E-state index contributed by atoms with van der Waals surface area (Å²) >= 11 is 0. The smallest absolute Gasteiger partial charge is 0.306 e. The van der Waals surface area contributed by atoms with Crippen LogP contribution in [0.3, 0.4) is 0 Å². The van der Waals surface area contributed by atoms with Crippen molar-refractivity contribution in [3.63, 3.8) is 0 Å². The Morgan fingerprint density at radius 2 is 1.91 bits per heavy atom. The molecule has 47 heavy (non-hydrogen) atoms. The van der Waals surface area contributed by atoms with Gasteiger partial charge < -0.3 is 34.4 Å². The highest BCUT2D eigenvalue weighted by Crippen LogP contribution is 2.58. The maximum Gasteiger partial charge on any atom is 0.306 e. The minimum absolute atomic E-state index is 0.0723. The monoisotopic (exact) mass is 652 g/mol. The first-order valence-electron chi connectivity index (χ1n) is 16.8. The predicted molar refractivity (Wildman–Crippen MR) is 173 cm³/mol. The Bertz CT molecular complexity index is 1290. The second-order valence-corrected chi connectivity index (χ2v) is 12.7. The lowest BCUT2D eigenvalue weighted by atomic mass is 9.70. The van der Waals surface area contributed by atoms with Gasteiger partial charge in [-0.3, -0.25) is 24.1 Å². The first-order valence-corrected chi connectivity index (χ1v) is 16.8. The molecule has 2 bridgehead atoms. The van der Waals surface area contributed by atoms with Crippen molar-refractivity contribution in [2.24, 2.45) is 11.8 Å². The van der Waals surface area contributed by atoms with Gasteiger partial charge in [0, 0.05) is 52.3 Å². The number of benzene rings is 1. The largest absolute Gasteiger partial charge is 0.463 e. The van der Waals surface area contributed by atoms with Crippen molar-refractivity contribution in [1.29, 1.82) is 0 Å². The average Bonchev–Trinajstić information content (AvgIpc) is 3.74. The van der Waals surface area contributed by atoms with Crippen LogP contribution in [0.1, 0.15) is 43.7 Å². The lowest BCUT2D eigenvalue weighted by Crippen LogP contribution is -2.57. The summed E-state index contributed by atoms with van der Waals surface area (Å²) in [4.78, 5) is 60.7. The highest BCUT2D eigenvalue weighted by atomic mass is 16.5. The van der Waals surface area contributed by atoms with Crippen LogP contribution in [-0.2, 0) is 33.4 Å². The number of aliphatic hydroxyl groups is 1. The molecule has 1 spiro atoms. The van der Waals surface area contributed by atoms with Crippen molar-refractivity contribution in [3.05, 3.63) is 61.2 Å². The number of ether oxygens (including phenoxy) is 3. The quantitative estimate of drug-likeness (QED) is 0.189. The van der Waals surface area contributed by atoms with Crippen LogP contribution in [-0.4, -0.2) is 127 Å². The molecule has 5 rings (SSSR count). The van der Waals surface area contributed by atoms with Gasteiger partial charge in [-0.1, -0.05) is 42.5 Å². The van der Waals surface area contributed by atoms with E-state index in [1.807, 2.05) is 30.3 Å². The van der Waals surface area contributed by atoms with Crippen LogP contribution >= 0.6 is 0 Å². The zero-order valence-electron chi connectivity index (χ0n) is 27.1. The van der Waals surface area contributed by atoms with E-state index in [4.69, 9.17) is 14.2 Å². The predicted octanol–water partition coefficient (Wildman–Crippen LogP) is 1.46. The molecule has 0 radical (unpaired) electrons. The summed E-state index contributed by atoms with van der Waals surface area (Å²) in [6.45, 7) is 11.7. The summed E-state index contributed by atoms with van der Waals surface area (Å²) in [6, 6.07) is 7.67.